The van der Waals surface area contributed by atoms with Gasteiger partial charge in [-0.1, -0.05) is 6.92 Å². The number of carbonyl (C=O) groups excluding carboxylic acids is 2. The van der Waals surface area contributed by atoms with Crippen LogP contribution in [0.2, 0.25) is 0 Å². The highest BCUT2D eigenvalue weighted by atomic mass is 16.7. The van der Waals surface area contributed by atoms with Crippen molar-refractivity contribution in [2.75, 3.05) is 20.5 Å². The summed E-state index contributed by atoms with van der Waals surface area (Å²) in [5.74, 6) is 1.11. The zero-order valence-electron chi connectivity index (χ0n) is 15.0. The maximum absolute atomic E-state index is 12.3. The summed E-state index contributed by atoms with van der Waals surface area (Å²) in [6, 6.07) is 9.56. The van der Waals surface area contributed by atoms with Gasteiger partial charge in [0.2, 0.25) is 6.79 Å². The standard InChI is InChI=1S/C19H20N2O6/c1-3-8-25-14-6-4-12(9-16(14)24-2)18(22)20-21-19(23)13-5-7-15-17(10-13)27-11-26-15/h4-7,9-10H,3,8,11H2,1-2H3,(H,20,22)(H,21,23). The highest BCUT2D eigenvalue weighted by Crippen LogP contribution is 2.32. The number of fused-ring (bicyclic) bond motifs is 1. The van der Waals surface area contributed by atoms with E-state index in [0.29, 0.717) is 40.7 Å². The molecule has 3 rings (SSSR count). The molecule has 27 heavy (non-hydrogen) atoms. The summed E-state index contributed by atoms with van der Waals surface area (Å²) in [6.07, 6.45) is 0.858. The number of hydrogen-bond acceptors (Lipinski definition) is 6. The second-order valence-corrected chi connectivity index (χ2v) is 5.69. The molecular formula is C19H20N2O6. The second-order valence-electron chi connectivity index (χ2n) is 5.69. The molecule has 0 radical (unpaired) electrons. The summed E-state index contributed by atoms with van der Waals surface area (Å²) in [7, 11) is 1.50. The lowest BCUT2D eigenvalue weighted by Crippen LogP contribution is -2.41. The van der Waals surface area contributed by atoms with Crippen LogP contribution in [0.1, 0.15) is 34.1 Å². The molecule has 1 heterocycles. The van der Waals surface area contributed by atoms with Crippen LogP contribution >= 0.6 is 0 Å². The minimum Gasteiger partial charge on any atom is -0.493 e. The SMILES string of the molecule is CCCOc1ccc(C(=O)NNC(=O)c2ccc3c(c2)OCO3)cc1OC. The molecule has 1 aliphatic rings. The van der Waals surface area contributed by atoms with Crippen molar-refractivity contribution in [1.82, 2.24) is 10.9 Å². The minimum atomic E-state index is -0.482. The first-order valence-corrected chi connectivity index (χ1v) is 8.43. The van der Waals surface area contributed by atoms with Crippen molar-refractivity contribution in [3.8, 4) is 23.0 Å². The molecule has 0 spiro atoms. The Morgan fingerprint density at radius 3 is 2.33 bits per heavy atom. The first kappa shape index (κ1) is 18.4. The van der Waals surface area contributed by atoms with Gasteiger partial charge < -0.3 is 18.9 Å². The molecule has 2 N–H and O–H groups in total. The molecule has 0 aliphatic carbocycles. The second kappa shape index (κ2) is 8.31. The molecule has 0 atom stereocenters. The summed E-state index contributed by atoms with van der Waals surface area (Å²) in [4.78, 5) is 24.5. The van der Waals surface area contributed by atoms with Gasteiger partial charge in [-0.3, -0.25) is 20.4 Å². The van der Waals surface area contributed by atoms with Gasteiger partial charge in [0.05, 0.1) is 13.7 Å². The Labute approximate surface area is 156 Å². The van der Waals surface area contributed by atoms with E-state index < -0.39 is 11.8 Å². The maximum atomic E-state index is 12.3. The largest absolute Gasteiger partial charge is 0.493 e. The van der Waals surface area contributed by atoms with Crippen LogP contribution in [-0.2, 0) is 0 Å². The predicted octanol–water partition coefficient (Wildman–Crippen LogP) is 2.29. The lowest BCUT2D eigenvalue weighted by atomic mass is 10.2. The average molecular weight is 372 g/mol. The third-order valence-electron chi connectivity index (χ3n) is 3.81. The number of ether oxygens (including phenoxy) is 4. The number of amides is 2. The molecular weight excluding hydrogens is 352 g/mol. The van der Waals surface area contributed by atoms with Gasteiger partial charge in [-0.05, 0) is 42.8 Å². The first-order chi connectivity index (χ1) is 13.1. The van der Waals surface area contributed by atoms with Gasteiger partial charge in [0, 0.05) is 11.1 Å². The predicted molar refractivity (Wildman–Crippen MR) is 96.3 cm³/mol. The van der Waals surface area contributed by atoms with Crippen molar-refractivity contribution in [2.24, 2.45) is 0 Å². The van der Waals surface area contributed by atoms with Gasteiger partial charge in [-0.15, -0.1) is 0 Å². The fraction of sp³-hybridized carbons (Fsp3) is 0.263. The topological polar surface area (TPSA) is 95.1 Å². The van der Waals surface area contributed by atoms with Crippen LogP contribution < -0.4 is 29.8 Å². The lowest BCUT2D eigenvalue weighted by Gasteiger charge is -2.12. The Balaban J connectivity index is 1.62. The van der Waals surface area contributed by atoms with Gasteiger partial charge in [0.1, 0.15) is 0 Å². The molecule has 0 saturated heterocycles. The monoisotopic (exact) mass is 372 g/mol. The van der Waals surface area contributed by atoms with Crippen LogP contribution in [0.4, 0.5) is 0 Å². The molecule has 1 aliphatic heterocycles. The molecule has 0 unspecified atom stereocenters. The van der Waals surface area contributed by atoms with Crippen molar-refractivity contribution >= 4 is 11.8 Å². The minimum absolute atomic E-state index is 0.122. The van der Waals surface area contributed by atoms with Crippen molar-refractivity contribution in [2.45, 2.75) is 13.3 Å². The zero-order chi connectivity index (χ0) is 19.2. The quantitative estimate of drug-likeness (QED) is 0.756. The first-order valence-electron chi connectivity index (χ1n) is 8.43. The molecule has 8 nitrogen and oxygen atoms in total. The van der Waals surface area contributed by atoms with E-state index in [9.17, 15) is 9.59 Å². The summed E-state index contributed by atoms with van der Waals surface area (Å²) < 4.78 is 21.2. The lowest BCUT2D eigenvalue weighted by molar-refractivity contribution is 0.0846. The Morgan fingerprint density at radius 2 is 1.63 bits per heavy atom. The number of methoxy groups -OCH3 is 1. The van der Waals surface area contributed by atoms with Crippen molar-refractivity contribution in [3.05, 3.63) is 47.5 Å². The Bertz CT molecular complexity index is 852. The van der Waals surface area contributed by atoms with Crippen molar-refractivity contribution in [1.29, 1.82) is 0 Å². The van der Waals surface area contributed by atoms with E-state index in [1.54, 1.807) is 36.4 Å². The molecule has 2 aromatic rings. The molecule has 142 valence electrons. The van der Waals surface area contributed by atoms with Crippen LogP contribution in [0, 0.1) is 0 Å². The summed E-state index contributed by atoms with van der Waals surface area (Å²) in [5.41, 5.74) is 5.39. The van der Waals surface area contributed by atoms with Gasteiger partial charge in [0.25, 0.3) is 11.8 Å². The van der Waals surface area contributed by atoms with E-state index in [-0.39, 0.29) is 6.79 Å². The molecule has 0 saturated carbocycles. The average Bonchev–Trinajstić information content (AvgIpc) is 3.17. The van der Waals surface area contributed by atoms with Gasteiger partial charge in [-0.2, -0.15) is 0 Å². The summed E-state index contributed by atoms with van der Waals surface area (Å²) in [6.45, 7) is 2.67. The van der Waals surface area contributed by atoms with Gasteiger partial charge in [-0.25, -0.2) is 0 Å². The normalized spacial score (nSPS) is 11.6. The fourth-order valence-corrected chi connectivity index (χ4v) is 2.44. The molecule has 0 bridgehead atoms. The third kappa shape index (κ3) is 4.22. The van der Waals surface area contributed by atoms with Gasteiger partial charge in [0.15, 0.2) is 23.0 Å². The number of carbonyl (C=O) groups is 2. The van der Waals surface area contributed by atoms with Crippen LogP contribution in [-0.4, -0.2) is 32.3 Å². The number of benzene rings is 2. The fourth-order valence-electron chi connectivity index (χ4n) is 2.44. The zero-order valence-corrected chi connectivity index (χ0v) is 15.0. The van der Waals surface area contributed by atoms with Gasteiger partial charge >= 0.3 is 0 Å². The number of hydrazine groups is 1. The van der Waals surface area contributed by atoms with Crippen LogP contribution in [0.3, 0.4) is 0 Å². The maximum Gasteiger partial charge on any atom is 0.269 e. The van der Waals surface area contributed by atoms with E-state index in [1.165, 1.54) is 7.11 Å². The van der Waals surface area contributed by atoms with E-state index in [0.717, 1.165) is 6.42 Å². The summed E-state index contributed by atoms with van der Waals surface area (Å²) >= 11 is 0. The smallest absolute Gasteiger partial charge is 0.269 e. The van der Waals surface area contributed by atoms with E-state index >= 15 is 0 Å². The number of rotatable bonds is 6. The van der Waals surface area contributed by atoms with Crippen molar-refractivity contribution < 1.29 is 28.5 Å². The molecule has 2 amide bonds. The van der Waals surface area contributed by atoms with Crippen LogP contribution in [0.15, 0.2) is 36.4 Å². The molecule has 0 aromatic heterocycles. The number of hydrogen-bond donors (Lipinski definition) is 2. The van der Waals surface area contributed by atoms with E-state index in [1.807, 2.05) is 6.92 Å². The highest BCUT2D eigenvalue weighted by molar-refractivity contribution is 5.99. The number of nitrogens with one attached hydrogen (secondary N) is 2. The van der Waals surface area contributed by atoms with E-state index in [4.69, 9.17) is 18.9 Å². The van der Waals surface area contributed by atoms with Crippen LogP contribution in [0.5, 0.6) is 23.0 Å². The Hall–Kier alpha value is -3.42. The highest BCUT2D eigenvalue weighted by Gasteiger charge is 2.17. The molecule has 2 aromatic carbocycles. The Morgan fingerprint density at radius 1 is 0.963 bits per heavy atom. The molecule has 0 fully saturated rings. The summed E-state index contributed by atoms with van der Waals surface area (Å²) in [5, 5.41) is 0. The Kier molecular flexibility index (Phi) is 5.65. The van der Waals surface area contributed by atoms with Crippen molar-refractivity contribution in [3.63, 3.8) is 0 Å². The third-order valence-corrected chi connectivity index (χ3v) is 3.81. The van der Waals surface area contributed by atoms with Crippen LogP contribution in [0.25, 0.3) is 0 Å². The molecule has 8 heteroatoms. The van der Waals surface area contributed by atoms with E-state index in [2.05, 4.69) is 10.9 Å².